The Morgan fingerprint density at radius 3 is 2.69 bits per heavy atom. The summed E-state index contributed by atoms with van der Waals surface area (Å²) in [6, 6.07) is 5.65. The monoisotopic (exact) mass is 494 g/mol. The van der Waals surface area contributed by atoms with Crippen LogP contribution >= 0.6 is 0 Å². The summed E-state index contributed by atoms with van der Waals surface area (Å²) in [4.78, 5) is 27.0. The van der Waals surface area contributed by atoms with E-state index in [9.17, 15) is 24.2 Å². The van der Waals surface area contributed by atoms with Crippen LogP contribution in [0.15, 0.2) is 54.6 Å². The first-order valence-corrected chi connectivity index (χ1v) is 12.6. The zero-order chi connectivity index (χ0) is 25.7. The van der Waals surface area contributed by atoms with Gasteiger partial charge >= 0.3 is 5.97 Å². The minimum Gasteiger partial charge on any atom is -0.457 e. The Balaban J connectivity index is 1.43. The first-order valence-electron chi connectivity index (χ1n) is 12.6. The van der Waals surface area contributed by atoms with Crippen molar-refractivity contribution in [1.82, 2.24) is 0 Å². The molecule has 2 aliphatic heterocycles. The van der Waals surface area contributed by atoms with Crippen LogP contribution in [-0.2, 0) is 19.1 Å². The van der Waals surface area contributed by atoms with E-state index >= 15 is 0 Å². The van der Waals surface area contributed by atoms with Gasteiger partial charge in [0.15, 0.2) is 5.78 Å². The third kappa shape index (κ3) is 2.71. The topological polar surface area (TPSA) is 93.1 Å². The van der Waals surface area contributed by atoms with Crippen LogP contribution in [0.4, 0.5) is 4.39 Å². The molecule has 36 heavy (non-hydrogen) atoms. The number of ketones is 1. The third-order valence-corrected chi connectivity index (χ3v) is 9.76. The van der Waals surface area contributed by atoms with Gasteiger partial charge in [0.1, 0.15) is 23.4 Å². The van der Waals surface area contributed by atoms with Crippen molar-refractivity contribution in [3.8, 4) is 0 Å². The predicted octanol–water partition coefficient (Wildman–Crippen LogP) is 3.58. The number of fused-ring (bicyclic) bond motifs is 2. The van der Waals surface area contributed by atoms with E-state index in [-0.39, 0.29) is 35.5 Å². The first-order chi connectivity index (χ1) is 17.0. The van der Waals surface area contributed by atoms with E-state index in [4.69, 9.17) is 9.47 Å². The lowest BCUT2D eigenvalue weighted by Crippen LogP contribution is -2.83. The number of carbonyl (C=O) groups excluding carboxylic acids is 2. The van der Waals surface area contributed by atoms with Gasteiger partial charge in [0, 0.05) is 23.3 Å². The number of allylic oxidation sites excluding steroid dienone is 1. The van der Waals surface area contributed by atoms with Crippen molar-refractivity contribution >= 4 is 17.8 Å². The molecular formula is C29H31FO6. The highest BCUT2D eigenvalue weighted by atomic mass is 19.1. The largest absolute Gasteiger partial charge is 0.457 e. The summed E-state index contributed by atoms with van der Waals surface area (Å²) in [6.45, 7) is 8.36. The van der Waals surface area contributed by atoms with Gasteiger partial charge in [-0.25, -0.2) is 9.18 Å². The van der Waals surface area contributed by atoms with Crippen LogP contribution in [0, 0.1) is 39.8 Å². The number of benzene rings is 1. The van der Waals surface area contributed by atoms with Gasteiger partial charge in [-0.2, -0.15) is 0 Å². The number of halogens is 1. The highest BCUT2D eigenvalue weighted by Crippen LogP contribution is 2.75. The van der Waals surface area contributed by atoms with Gasteiger partial charge in [0.05, 0.1) is 6.61 Å². The molecule has 190 valence electrons. The molecule has 6 nitrogen and oxygen atoms in total. The van der Waals surface area contributed by atoms with Gasteiger partial charge in [-0.05, 0) is 59.9 Å². The maximum absolute atomic E-state index is 14.0. The number of hydrogen-bond acceptors (Lipinski definition) is 6. The normalized spacial score (nSPS) is 44.0. The Hall–Kier alpha value is -2.61. The molecule has 3 saturated carbocycles. The Morgan fingerprint density at radius 2 is 1.97 bits per heavy atom. The van der Waals surface area contributed by atoms with Crippen LogP contribution in [0.1, 0.15) is 38.7 Å². The fourth-order valence-corrected chi connectivity index (χ4v) is 8.45. The molecule has 5 fully saturated rings. The Labute approximate surface area is 209 Å². The lowest BCUT2D eigenvalue weighted by molar-refractivity contribution is -0.436. The Kier molecular flexibility index (Phi) is 4.93. The quantitative estimate of drug-likeness (QED) is 0.379. The van der Waals surface area contributed by atoms with Gasteiger partial charge < -0.3 is 19.7 Å². The SMILES string of the molecule is C=C1C(=O)[C@]23[C@H](OC(=O)/C=C/c4ccc(F)cc4)[C@H]1CC[C@H]2[C@]12C=CCC(C)(C)[C@H]1[C@H](O)[C@]3(O)OC2. The molecular weight excluding hydrogens is 463 g/mol. The second-order valence-electron chi connectivity index (χ2n) is 11.8. The molecule has 6 aliphatic rings. The van der Waals surface area contributed by atoms with E-state index in [0.29, 0.717) is 24.0 Å². The predicted molar refractivity (Wildman–Crippen MR) is 128 cm³/mol. The molecule has 0 unspecified atom stereocenters. The smallest absolute Gasteiger partial charge is 0.331 e. The van der Waals surface area contributed by atoms with Gasteiger partial charge in [-0.15, -0.1) is 0 Å². The van der Waals surface area contributed by atoms with E-state index in [1.54, 1.807) is 0 Å². The van der Waals surface area contributed by atoms with Crippen molar-refractivity contribution in [1.29, 1.82) is 0 Å². The average Bonchev–Trinajstić information content (AvgIpc) is 2.94. The fourth-order valence-electron chi connectivity index (χ4n) is 8.45. The van der Waals surface area contributed by atoms with Crippen molar-refractivity contribution in [3.63, 3.8) is 0 Å². The van der Waals surface area contributed by atoms with Crippen LogP contribution in [0.5, 0.6) is 0 Å². The minimum atomic E-state index is -2.20. The molecule has 2 spiro atoms. The zero-order valence-corrected chi connectivity index (χ0v) is 20.4. The molecule has 8 atom stereocenters. The average molecular weight is 495 g/mol. The lowest BCUT2D eigenvalue weighted by Gasteiger charge is -2.72. The maximum Gasteiger partial charge on any atom is 0.331 e. The molecule has 4 aliphatic carbocycles. The first kappa shape index (κ1) is 23.8. The maximum atomic E-state index is 14.0. The van der Waals surface area contributed by atoms with Crippen LogP contribution < -0.4 is 0 Å². The van der Waals surface area contributed by atoms with E-state index in [1.165, 1.54) is 36.4 Å². The van der Waals surface area contributed by atoms with Crippen molar-refractivity contribution in [2.45, 2.75) is 51.1 Å². The summed E-state index contributed by atoms with van der Waals surface area (Å²) >= 11 is 0. The Bertz CT molecular complexity index is 1220. The lowest BCUT2D eigenvalue weighted by atomic mass is 9.37. The number of carbonyl (C=O) groups is 2. The zero-order valence-electron chi connectivity index (χ0n) is 20.4. The van der Waals surface area contributed by atoms with Gasteiger partial charge in [0.25, 0.3) is 0 Å². The van der Waals surface area contributed by atoms with Gasteiger partial charge in [-0.1, -0.05) is 44.7 Å². The molecule has 1 aromatic carbocycles. The van der Waals surface area contributed by atoms with Crippen molar-refractivity contribution in [2.75, 3.05) is 6.61 Å². The standard InChI is InChI=1S/C29H31FO6/c1-16-19-10-11-20-27-14-4-13-26(2,3)22(27)24(33)29(34,35-15-27)28(20,23(16)32)25(19)36-21(31)12-7-17-5-8-18(30)9-6-17/h4-9,12,14,19-20,22,24-25,33-34H,1,10-11,13,15H2,2-3H3/b12-7+/t19-,20-,22+,24-,25+,27+,28-,29-/m0/s1. The number of ether oxygens (including phenoxy) is 2. The van der Waals surface area contributed by atoms with Crippen molar-refractivity contribution < 1.29 is 33.7 Å². The number of Topliss-reactive ketones (excluding diaryl/α,β-unsaturated/α-hetero) is 1. The molecule has 2 saturated heterocycles. The third-order valence-electron chi connectivity index (χ3n) is 9.76. The fraction of sp³-hybridized carbons (Fsp3) is 0.517. The summed E-state index contributed by atoms with van der Waals surface area (Å²) in [7, 11) is 0. The number of aliphatic hydroxyl groups excluding tert-OH is 1. The molecule has 0 amide bonds. The number of aliphatic hydroxyl groups is 2. The number of esters is 1. The molecule has 0 aromatic heterocycles. The van der Waals surface area contributed by atoms with E-state index in [2.05, 4.69) is 32.6 Å². The summed E-state index contributed by atoms with van der Waals surface area (Å²) in [5.41, 5.74) is -1.72. The van der Waals surface area contributed by atoms with Crippen LogP contribution in [-0.4, -0.2) is 46.6 Å². The van der Waals surface area contributed by atoms with Crippen molar-refractivity contribution in [3.05, 3.63) is 66.0 Å². The van der Waals surface area contributed by atoms with E-state index < -0.39 is 40.7 Å². The van der Waals surface area contributed by atoms with Crippen molar-refractivity contribution in [2.24, 2.45) is 34.0 Å². The molecule has 7 rings (SSSR count). The van der Waals surface area contributed by atoms with Crippen LogP contribution in [0.3, 0.4) is 0 Å². The summed E-state index contributed by atoms with van der Waals surface area (Å²) in [5.74, 6) is -4.82. The van der Waals surface area contributed by atoms with Gasteiger partial charge in [-0.3, -0.25) is 4.79 Å². The van der Waals surface area contributed by atoms with E-state index in [0.717, 1.165) is 6.42 Å². The highest BCUT2D eigenvalue weighted by molar-refractivity contribution is 6.05. The summed E-state index contributed by atoms with van der Waals surface area (Å²) < 4.78 is 25.2. The molecule has 1 aromatic rings. The molecule has 7 heteroatoms. The molecule has 2 N–H and O–H groups in total. The molecule has 2 heterocycles. The number of hydrogen-bond donors (Lipinski definition) is 2. The molecule has 4 bridgehead atoms. The Morgan fingerprint density at radius 1 is 1.25 bits per heavy atom. The van der Waals surface area contributed by atoms with Crippen LogP contribution in [0.25, 0.3) is 6.08 Å². The van der Waals surface area contributed by atoms with E-state index in [1.807, 2.05) is 0 Å². The second-order valence-corrected chi connectivity index (χ2v) is 11.8. The van der Waals surface area contributed by atoms with Gasteiger partial charge in [0.2, 0.25) is 5.79 Å². The summed E-state index contributed by atoms with van der Waals surface area (Å²) in [5, 5.41) is 23.8. The van der Waals surface area contributed by atoms with Crippen LogP contribution in [0.2, 0.25) is 0 Å². The number of rotatable bonds is 3. The summed E-state index contributed by atoms with van der Waals surface area (Å²) in [6.07, 6.45) is 6.49. The second kappa shape index (κ2) is 7.46. The minimum absolute atomic E-state index is 0.188. The highest BCUT2D eigenvalue weighted by Gasteiger charge is 2.86. The molecule has 0 radical (unpaired) electrons.